The van der Waals surface area contributed by atoms with E-state index in [0.29, 0.717) is 17.7 Å². The van der Waals surface area contributed by atoms with Crippen molar-refractivity contribution in [2.45, 2.75) is 36.5 Å². The summed E-state index contributed by atoms with van der Waals surface area (Å²) in [5, 5.41) is 24.1. The number of hydrogen-bond acceptors (Lipinski definition) is 4. The van der Waals surface area contributed by atoms with E-state index in [-0.39, 0.29) is 17.3 Å². The smallest absolute Gasteiger partial charge is 0.165 e. The van der Waals surface area contributed by atoms with E-state index in [9.17, 15) is 10.2 Å². The van der Waals surface area contributed by atoms with Crippen LogP contribution >= 0.6 is 0 Å². The van der Waals surface area contributed by atoms with E-state index < -0.39 is 6.10 Å². The van der Waals surface area contributed by atoms with Crippen molar-refractivity contribution in [2.24, 2.45) is 5.92 Å². The molecule has 1 unspecified atom stereocenters. The van der Waals surface area contributed by atoms with Gasteiger partial charge in [0, 0.05) is 22.9 Å². The number of piperidine rings is 1. The summed E-state index contributed by atoms with van der Waals surface area (Å²) in [4.78, 5) is 0. The molecule has 1 fully saturated rings. The third-order valence-corrected chi connectivity index (χ3v) is 5.68. The molecular weight excluding hydrogens is 254 g/mol. The summed E-state index contributed by atoms with van der Waals surface area (Å²) < 4.78 is 6.04. The fourth-order valence-electron chi connectivity index (χ4n) is 4.98. The zero-order valence-electron chi connectivity index (χ0n) is 11.0. The summed E-state index contributed by atoms with van der Waals surface area (Å²) in [5.74, 6) is 1.16. The second kappa shape index (κ2) is 3.38. The number of phenols is 1. The monoisotopic (exact) mass is 271 g/mol. The van der Waals surface area contributed by atoms with Crippen molar-refractivity contribution < 1.29 is 14.9 Å². The molecule has 5 rings (SSSR count). The maximum absolute atomic E-state index is 10.4. The molecule has 4 aliphatic rings. The van der Waals surface area contributed by atoms with Crippen LogP contribution in [0.15, 0.2) is 24.3 Å². The van der Waals surface area contributed by atoms with Crippen molar-refractivity contribution in [3.8, 4) is 11.5 Å². The van der Waals surface area contributed by atoms with Gasteiger partial charge in [-0.3, -0.25) is 0 Å². The average Bonchev–Trinajstić information content (AvgIpc) is 2.78. The van der Waals surface area contributed by atoms with Gasteiger partial charge < -0.3 is 20.3 Å². The number of phenolic OH excluding ortho intramolecular Hbond substituents is 1. The summed E-state index contributed by atoms with van der Waals surface area (Å²) in [6.45, 7) is 0.941. The van der Waals surface area contributed by atoms with Crippen molar-refractivity contribution >= 4 is 0 Å². The number of aliphatic hydroxyl groups is 1. The Labute approximate surface area is 117 Å². The molecule has 0 radical (unpaired) electrons. The Kier molecular flexibility index (Phi) is 1.89. The minimum Gasteiger partial charge on any atom is -0.504 e. The first-order valence-corrected chi connectivity index (χ1v) is 7.33. The van der Waals surface area contributed by atoms with E-state index >= 15 is 0 Å². The fourth-order valence-corrected chi connectivity index (χ4v) is 4.98. The van der Waals surface area contributed by atoms with Gasteiger partial charge in [0.25, 0.3) is 0 Å². The van der Waals surface area contributed by atoms with Crippen LogP contribution in [0.4, 0.5) is 0 Å². The number of aliphatic hydroxyl groups excluding tert-OH is 1. The van der Waals surface area contributed by atoms with Crippen LogP contribution in [-0.2, 0) is 11.8 Å². The summed E-state index contributed by atoms with van der Waals surface area (Å²) in [7, 11) is 0. The van der Waals surface area contributed by atoms with Gasteiger partial charge in [-0.05, 0) is 31.0 Å². The lowest BCUT2D eigenvalue weighted by Gasteiger charge is -2.53. The van der Waals surface area contributed by atoms with Gasteiger partial charge in [0.2, 0.25) is 0 Å². The SMILES string of the molecule is Oc1ccc2c3c1O[C@H]1[C@@H](O)C=C[C@H]4C(C2)NCC[C@@]341. The highest BCUT2D eigenvalue weighted by atomic mass is 16.5. The first-order chi connectivity index (χ1) is 9.72. The second-order valence-electron chi connectivity index (χ2n) is 6.44. The Hall–Kier alpha value is -1.52. The molecule has 1 aromatic carbocycles. The molecule has 2 aliphatic heterocycles. The fraction of sp³-hybridized carbons (Fsp3) is 0.500. The third-order valence-electron chi connectivity index (χ3n) is 5.68. The number of hydrogen-bond donors (Lipinski definition) is 3. The van der Waals surface area contributed by atoms with Gasteiger partial charge >= 0.3 is 0 Å². The lowest BCUT2D eigenvalue weighted by atomic mass is 9.54. The van der Waals surface area contributed by atoms with E-state index in [1.807, 2.05) is 12.1 Å². The maximum atomic E-state index is 10.4. The Morgan fingerprint density at radius 2 is 2.20 bits per heavy atom. The Morgan fingerprint density at radius 3 is 3.10 bits per heavy atom. The van der Waals surface area contributed by atoms with E-state index in [1.54, 1.807) is 6.07 Å². The van der Waals surface area contributed by atoms with Crippen LogP contribution in [0, 0.1) is 5.92 Å². The summed E-state index contributed by atoms with van der Waals surface area (Å²) in [6, 6.07) is 4.14. The van der Waals surface area contributed by atoms with Gasteiger partial charge in [0.05, 0.1) is 0 Å². The topological polar surface area (TPSA) is 61.7 Å². The Bertz CT molecular complexity index is 641. The van der Waals surface area contributed by atoms with Crippen LogP contribution < -0.4 is 10.1 Å². The highest BCUT2D eigenvalue weighted by Crippen LogP contribution is 2.61. The van der Waals surface area contributed by atoms with E-state index in [4.69, 9.17) is 4.74 Å². The van der Waals surface area contributed by atoms with Crippen LogP contribution in [0.25, 0.3) is 0 Å². The largest absolute Gasteiger partial charge is 0.504 e. The molecule has 3 N–H and O–H groups in total. The zero-order chi connectivity index (χ0) is 13.5. The summed E-state index contributed by atoms with van der Waals surface area (Å²) in [5.41, 5.74) is 2.26. The molecule has 4 heteroatoms. The third kappa shape index (κ3) is 1.04. The van der Waals surface area contributed by atoms with Gasteiger partial charge in [-0.2, -0.15) is 0 Å². The Morgan fingerprint density at radius 1 is 1.30 bits per heavy atom. The van der Waals surface area contributed by atoms with E-state index in [1.165, 1.54) is 5.56 Å². The quantitative estimate of drug-likeness (QED) is 0.612. The molecule has 0 saturated carbocycles. The predicted molar refractivity (Wildman–Crippen MR) is 72.9 cm³/mol. The standard InChI is InChI=1S/C16H17NO3/c18-11-3-1-8-7-10-9-2-4-12(19)15-16(9,5-6-17-10)13(8)14(11)20-15/h1-4,9-10,12,15,17-19H,5-7H2/t9-,10?,12-,15-,16-/m0/s1. The summed E-state index contributed by atoms with van der Waals surface area (Å²) >= 11 is 0. The maximum Gasteiger partial charge on any atom is 0.165 e. The van der Waals surface area contributed by atoms with Crippen LogP contribution in [0.5, 0.6) is 11.5 Å². The number of ether oxygens (including phenoxy) is 1. The van der Waals surface area contributed by atoms with Crippen LogP contribution in [0.1, 0.15) is 17.5 Å². The highest BCUT2D eigenvalue weighted by Gasteiger charge is 2.63. The molecule has 1 spiro atoms. The molecular formula is C16H17NO3. The molecule has 2 bridgehead atoms. The van der Waals surface area contributed by atoms with Crippen LogP contribution in [0.2, 0.25) is 0 Å². The van der Waals surface area contributed by atoms with E-state index in [0.717, 1.165) is 24.9 Å². The number of nitrogens with one attached hydrogen (secondary N) is 1. The molecule has 1 saturated heterocycles. The summed E-state index contributed by atoms with van der Waals surface area (Å²) in [6.07, 6.45) is 5.08. The van der Waals surface area contributed by atoms with Gasteiger partial charge in [-0.15, -0.1) is 0 Å². The normalized spacial score (nSPS) is 43.0. The van der Waals surface area contributed by atoms with Crippen molar-refractivity contribution in [3.63, 3.8) is 0 Å². The molecule has 1 aromatic rings. The first-order valence-electron chi connectivity index (χ1n) is 7.33. The Balaban J connectivity index is 1.86. The number of rotatable bonds is 0. The van der Waals surface area contributed by atoms with Gasteiger partial charge in [-0.25, -0.2) is 0 Å². The first kappa shape index (κ1) is 11.2. The average molecular weight is 271 g/mol. The van der Waals surface area contributed by atoms with Gasteiger partial charge in [-0.1, -0.05) is 18.2 Å². The molecule has 2 aliphatic carbocycles. The highest BCUT2D eigenvalue weighted by molar-refractivity contribution is 5.61. The van der Waals surface area contributed by atoms with Crippen molar-refractivity contribution in [1.82, 2.24) is 5.32 Å². The molecule has 104 valence electrons. The van der Waals surface area contributed by atoms with Gasteiger partial charge in [0.15, 0.2) is 11.5 Å². The van der Waals surface area contributed by atoms with Gasteiger partial charge in [0.1, 0.15) is 12.2 Å². The molecule has 0 aromatic heterocycles. The number of benzene rings is 1. The van der Waals surface area contributed by atoms with E-state index in [2.05, 4.69) is 11.4 Å². The van der Waals surface area contributed by atoms with Crippen LogP contribution in [0.3, 0.4) is 0 Å². The lowest BCUT2D eigenvalue weighted by molar-refractivity contribution is -0.0177. The molecule has 2 heterocycles. The number of aromatic hydroxyl groups is 1. The van der Waals surface area contributed by atoms with Crippen molar-refractivity contribution in [2.75, 3.05) is 6.54 Å². The predicted octanol–water partition coefficient (Wildman–Crippen LogP) is 0.856. The minimum atomic E-state index is -0.595. The molecule has 4 nitrogen and oxygen atoms in total. The van der Waals surface area contributed by atoms with Crippen LogP contribution in [-0.4, -0.2) is 35.0 Å². The lowest BCUT2D eigenvalue weighted by Crippen LogP contribution is -2.64. The van der Waals surface area contributed by atoms with Crippen molar-refractivity contribution in [1.29, 1.82) is 0 Å². The molecule has 0 amide bonds. The molecule has 5 atom stereocenters. The zero-order valence-corrected chi connectivity index (χ0v) is 11.0. The van der Waals surface area contributed by atoms with Crippen molar-refractivity contribution in [3.05, 3.63) is 35.4 Å². The minimum absolute atomic E-state index is 0.161. The second-order valence-corrected chi connectivity index (χ2v) is 6.44. The molecule has 20 heavy (non-hydrogen) atoms.